The topological polar surface area (TPSA) is 55.5 Å². The molecule has 0 rings (SSSR count). The van der Waals surface area contributed by atoms with E-state index in [4.69, 9.17) is 5.11 Å². The van der Waals surface area contributed by atoms with Crippen LogP contribution in [0.15, 0.2) is 0 Å². The maximum absolute atomic E-state index is 7.53. The molecule has 0 fully saturated rings. The standard InChI is InChI=1S/CH5NO2/c2-4-1-3/h3H,1-2H2. The molecular weight excluding hydrogens is 58.0 g/mol. The second-order valence-electron chi connectivity index (χ2n) is 0.296. The third-order valence-electron chi connectivity index (χ3n) is 0.0745. The molecule has 26 valence electrons. The molecule has 0 aliphatic rings. The second kappa shape index (κ2) is 2.88. The highest BCUT2D eigenvalue weighted by atomic mass is 16.7. The zero-order valence-corrected chi connectivity index (χ0v) is 2.14. The van der Waals surface area contributed by atoms with Gasteiger partial charge in [-0.3, -0.25) is 4.84 Å². The van der Waals surface area contributed by atoms with Crippen molar-refractivity contribution in [2.24, 2.45) is 5.90 Å². The molecule has 0 unspecified atom stereocenters. The van der Waals surface area contributed by atoms with Crippen LogP contribution in [0.25, 0.3) is 0 Å². The first-order valence-electron chi connectivity index (χ1n) is 0.841. The van der Waals surface area contributed by atoms with Crippen LogP contribution in [-0.2, 0) is 4.84 Å². The highest BCUT2D eigenvalue weighted by molar-refractivity contribution is 3.65. The number of hydrogen-bond donors (Lipinski definition) is 2. The Bertz CT molecular complexity index is 8.00. The third-order valence-corrected chi connectivity index (χ3v) is 0.0745. The molecule has 0 heterocycles. The lowest BCUT2D eigenvalue weighted by Crippen LogP contribution is -1.97. The van der Waals surface area contributed by atoms with Crippen LogP contribution < -0.4 is 5.90 Å². The molecule has 0 saturated carbocycles. The van der Waals surface area contributed by atoms with Gasteiger partial charge in [-0.15, -0.1) is 0 Å². The van der Waals surface area contributed by atoms with Gasteiger partial charge in [0, 0.05) is 0 Å². The molecule has 0 aliphatic heterocycles. The maximum atomic E-state index is 7.53. The zero-order valence-electron chi connectivity index (χ0n) is 2.14. The second-order valence-corrected chi connectivity index (χ2v) is 0.296. The van der Waals surface area contributed by atoms with Crippen LogP contribution in [0.5, 0.6) is 0 Å². The van der Waals surface area contributed by atoms with E-state index in [9.17, 15) is 0 Å². The van der Waals surface area contributed by atoms with Crippen molar-refractivity contribution in [3.05, 3.63) is 0 Å². The molecule has 0 spiro atoms. The smallest absolute Gasteiger partial charge is 0.163 e. The van der Waals surface area contributed by atoms with Crippen LogP contribution >= 0.6 is 0 Å². The van der Waals surface area contributed by atoms with Crippen molar-refractivity contribution in [3.63, 3.8) is 0 Å². The van der Waals surface area contributed by atoms with Crippen molar-refractivity contribution in [1.29, 1.82) is 0 Å². The SMILES string of the molecule is NOCO. The molecule has 0 aromatic rings. The fourth-order valence-electron chi connectivity index (χ4n) is 0. The molecule has 0 amide bonds. The van der Waals surface area contributed by atoms with Gasteiger partial charge in [-0.05, 0) is 0 Å². The van der Waals surface area contributed by atoms with Gasteiger partial charge in [0.15, 0.2) is 6.79 Å². The quantitative estimate of drug-likeness (QED) is 0.297. The molecule has 3 nitrogen and oxygen atoms in total. The molecule has 4 heavy (non-hydrogen) atoms. The summed E-state index contributed by atoms with van der Waals surface area (Å²) < 4.78 is 0. The van der Waals surface area contributed by atoms with Crippen LogP contribution in [0.4, 0.5) is 0 Å². The summed E-state index contributed by atoms with van der Waals surface area (Å²) >= 11 is 0. The van der Waals surface area contributed by atoms with E-state index in [-0.39, 0.29) is 0 Å². The number of hydrogen-bond acceptors (Lipinski definition) is 3. The summed E-state index contributed by atoms with van der Waals surface area (Å²) in [5, 5.41) is 7.53. The Morgan fingerprint density at radius 1 is 2.00 bits per heavy atom. The molecule has 0 bridgehead atoms. The fraction of sp³-hybridized carbons (Fsp3) is 1.00. The Morgan fingerprint density at radius 2 is 2.25 bits per heavy atom. The van der Waals surface area contributed by atoms with E-state index in [2.05, 4.69) is 10.7 Å². The molecule has 3 N–H and O–H groups in total. The van der Waals surface area contributed by atoms with Crippen LogP contribution in [0.2, 0.25) is 0 Å². The van der Waals surface area contributed by atoms with Gasteiger partial charge in [-0.1, -0.05) is 0 Å². The molecular formula is CH5NO2. The molecule has 3 heteroatoms. The van der Waals surface area contributed by atoms with E-state index in [1.165, 1.54) is 0 Å². The number of nitrogens with two attached hydrogens (primary N) is 1. The largest absolute Gasteiger partial charge is 0.369 e. The molecule has 0 aliphatic carbocycles. The van der Waals surface area contributed by atoms with E-state index in [0.717, 1.165) is 0 Å². The lowest BCUT2D eigenvalue weighted by molar-refractivity contribution is -0.00240. The van der Waals surface area contributed by atoms with E-state index < -0.39 is 6.79 Å². The predicted octanol–water partition coefficient (Wildman–Crippen LogP) is -1.17. The summed E-state index contributed by atoms with van der Waals surface area (Å²) in [4.78, 5) is 3.60. The van der Waals surface area contributed by atoms with Crippen LogP contribution in [0, 0.1) is 0 Å². The summed E-state index contributed by atoms with van der Waals surface area (Å²) in [6, 6.07) is 0. The Labute approximate surface area is 23.9 Å². The van der Waals surface area contributed by atoms with Crippen molar-refractivity contribution >= 4 is 0 Å². The first kappa shape index (κ1) is 3.88. The maximum Gasteiger partial charge on any atom is 0.163 e. The van der Waals surface area contributed by atoms with Gasteiger partial charge in [0.25, 0.3) is 0 Å². The minimum absolute atomic E-state index is 0.403. The van der Waals surface area contributed by atoms with Gasteiger partial charge >= 0.3 is 0 Å². The lowest BCUT2D eigenvalue weighted by atomic mass is 11.5. The van der Waals surface area contributed by atoms with E-state index in [1.54, 1.807) is 0 Å². The summed E-state index contributed by atoms with van der Waals surface area (Å²) in [6.45, 7) is -0.403. The highest BCUT2D eigenvalue weighted by Gasteiger charge is 1.52. The zero-order chi connectivity index (χ0) is 3.41. The van der Waals surface area contributed by atoms with Crippen molar-refractivity contribution in [2.75, 3.05) is 6.79 Å². The molecule has 0 aromatic carbocycles. The summed E-state index contributed by atoms with van der Waals surface area (Å²) in [5.74, 6) is 4.28. The Hall–Kier alpha value is -0.120. The molecule has 0 radical (unpaired) electrons. The van der Waals surface area contributed by atoms with Crippen LogP contribution in [-0.4, -0.2) is 11.9 Å². The first-order chi connectivity index (χ1) is 1.91. The minimum atomic E-state index is -0.403. The summed E-state index contributed by atoms with van der Waals surface area (Å²) in [5.41, 5.74) is 0. The average Bonchev–Trinajstić information content (AvgIpc) is 1.37. The van der Waals surface area contributed by atoms with Gasteiger partial charge in [0.1, 0.15) is 0 Å². The van der Waals surface area contributed by atoms with E-state index >= 15 is 0 Å². The number of rotatable bonds is 1. The third kappa shape index (κ3) is 1.88. The van der Waals surface area contributed by atoms with Crippen LogP contribution in [0.3, 0.4) is 0 Å². The Kier molecular flexibility index (Phi) is 2.79. The van der Waals surface area contributed by atoms with Crippen molar-refractivity contribution in [3.8, 4) is 0 Å². The minimum Gasteiger partial charge on any atom is -0.369 e. The van der Waals surface area contributed by atoms with E-state index in [1.807, 2.05) is 0 Å². The van der Waals surface area contributed by atoms with Crippen molar-refractivity contribution < 1.29 is 9.94 Å². The van der Waals surface area contributed by atoms with Gasteiger partial charge < -0.3 is 5.11 Å². The highest BCUT2D eigenvalue weighted by Crippen LogP contribution is 1.37. The van der Waals surface area contributed by atoms with Gasteiger partial charge in [0.05, 0.1) is 0 Å². The average molecular weight is 63.1 g/mol. The van der Waals surface area contributed by atoms with Crippen molar-refractivity contribution in [1.82, 2.24) is 0 Å². The normalized spacial score (nSPS) is 7.50. The Balaban J connectivity index is 1.97. The molecule has 0 saturated heterocycles. The van der Waals surface area contributed by atoms with Crippen molar-refractivity contribution in [2.45, 2.75) is 0 Å². The molecule has 0 atom stereocenters. The monoisotopic (exact) mass is 63.0 g/mol. The number of aliphatic hydroxyl groups excluding tert-OH is 1. The van der Waals surface area contributed by atoms with Gasteiger partial charge in [-0.25, -0.2) is 5.90 Å². The van der Waals surface area contributed by atoms with Gasteiger partial charge in [-0.2, -0.15) is 0 Å². The Morgan fingerprint density at radius 3 is 2.25 bits per heavy atom. The number of aliphatic hydroxyl groups is 1. The summed E-state index contributed by atoms with van der Waals surface area (Å²) in [7, 11) is 0. The first-order valence-corrected chi connectivity index (χ1v) is 0.841. The lowest BCUT2D eigenvalue weighted by Gasteiger charge is -1.76. The fourth-order valence-corrected chi connectivity index (χ4v) is 0. The summed E-state index contributed by atoms with van der Waals surface area (Å²) in [6.07, 6.45) is 0. The van der Waals surface area contributed by atoms with E-state index in [0.29, 0.717) is 0 Å². The predicted molar refractivity (Wildman–Crippen MR) is 12.4 cm³/mol. The van der Waals surface area contributed by atoms with Crippen LogP contribution in [0.1, 0.15) is 0 Å². The molecule has 0 aromatic heterocycles. The van der Waals surface area contributed by atoms with Gasteiger partial charge in [0.2, 0.25) is 0 Å².